The molecule has 0 spiro atoms. The maximum Gasteiger partial charge on any atom is 0.306 e. The summed E-state index contributed by atoms with van der Waals surface area (Å²) in [5.41, 5.74) is 0.130. The van der Waals surface area contributed by atoms with E-state index >= 15 is 0 Å². The van der Waals surface area contributed by atoms with Gasteiger partial charge in [-0.1, -0.05) is 12.1 Å². The van der Waals surface area contributed by atoms with E-state index in [1.165, 1.54) is 12.1 Å². The quantitative estimate of drug-likeness (QED) is 0.844. The van der Waals surface area contributed by atoms with Gasteiger partial charge in [0.15, 0.2) is 0 Å². The smallest absolute Gasteiger partial charge is 0.306 e. The summed E-state index contributed by atoms with van der Waals surface area (Å²) in [5.74, 6) is -1.01. The lowest BCUT2D eigenvalue weighted by Crippen LogP contribution is -2.27. The first kappa shape index (κ1) is 16.1. The van der Waals surface area contributed by atoms with Crippen LogP contribution in [0.5, 0.6) is 0 Å². The third kappa shape index (κ3) is 6.87. The molecule has 1 aromatic carbocycles. The first-order chi connectivity index (χ1) is 9.26. The molecule has 0 aliphatic heterocycles. The number of nitrogens with one attached hydrogen (secondary N) is 1. The molecule has 20 heavy (non-hydrogen) atoms. The predicted octanol–water partition coefficient (Wildman–Crippen LogP) is 2.56. The van der Waals surface area contributed by atoms with Crippen LogP contribution >= 0.6 is 0 Å². The van der Waals surface area contributed by atoms with Crippen molar-refractivity contribution in [3.8, 4) is 0 Å². The Kier molecular flexibility index (Phi) is 5.67. The van der Waals surface area contributed by atoms with E-state index in [1.807, 2.05) is 0 Å². The van der Waals surface area contributed by atoms with Gasteiger partial charge >= 0.3 is 5.97 Å². The highest BCUT2D eigenvalue weighted by Gasteiger charge is 2.16. The Balaban J connectivity index is 2.29. The van der Waals surface area contributed by atoms with Gasteiger partial charge in [0, 0.05) is 13.0 Å². The molecule has 0 aliphatic rings. The van der Waals surface area contributed by atoms with Crippen LogP contribution in [-0.2, 0) is 20.9 Å². The largest absolute Gasteiger partial charge is 0.460 e. The summed E-state index contributed by atoms with van der Waals surface area (Å²) >= 11 is 0. The van der Waals surface area contributed by atoms with Gasteiger partial charge in [0.1, 0.15) is 11.4 Å². The lowest BCUT2D eigenvalue weighted by atomic mass is 10.2. The van der Waals surface area contributed by atoms with Crippen LogP contribution in [0.25, 0.3) is 0 Å². The number of halogens is 1. The zero-order chi connectivity index (χ0) is 15.2. The summed E-state index contributed by atoms with van der Waals surface area (Å²) in [4.78, 5) is 23.0. The van der Waals surface area contributed by atoms with Crippen LogP contribution in [0.3, 0.4) is 0 Å². The first-order valence-corrected chi connectivity index (χ1v) is 6.49. The fourth-order valence-corrected chi connectivity index (χ4v) is 1.54. The molecular formula is C15H20FNO3. The molecule has 1 amide bonds. The van der Waals surface area contributed by atoms with Gasteiger partial charge in [0.25, 0.3) is 0 Å². The number of hydrogen-bond acceptors (Lipinski definition) is 3. The molecular weight excluding hydrogens is 261 g/mol. The van der Waals surface area contributed by atoms with Gasteiger partial charge in [-0.05, 0) is 38.5 Å². The SMILES string of the molecule is CC(C)(C)OC(=O)CCC(=O)NCc1cccc(F)c1. The van der Waals surface area contributed by atoms with Crippen molar-refractivity contribution in [1.82, 2.24) is 5.32 Å². The molecule has 0 bridgehead atoms. The summed E-state index contributed by atoms with van der Waals surface area (Å²) in [6.07, 6.45) is 0.0937. The van der Waals surface area contributed by atoms with E-state index in [4.69, 9.17) is 4.74 Å². The zero-order valence-corrected chi connectivity index (χ0v) is 12.0. The number of rotatable bonds is 5. The van der Waals surface area contributed by atoms with E-state index in [2.05, 4.69) is 5.32 Å². The normalized spacial score (nSPS) is 11.0. The zero-order valence-electron chi connectivity index (χ0n) is 12.0. The lowest BCUT2D eigenvalue weighted by Gasteiger charge is -2.19. The van der Waals surface area contributed by atoms with Crippen molar-refractivity contribution in [2.45, 2.75) is 45.8 Å². The van der Waals surface area contributed by atoms with Gasteiger partial charge in [-0.3, -0.25) is 9.59 Å². The van der Waals surface area contributed by atoms with Crippen molar-refractivity contribution >= 4 is 11.9 Å². The molecule has 0 radical (unpaired) electrons. The highest BCUT2D eigenvalue weighted by molar-refractivity contribution is 5.81. The molecule has 1 aromatic rings. The van der Waals surface area contributed by atoms with Crippen molar-refractivity contribution < 1.29 is 18.7 Å². The second kappa shape index (κ2) is 7.03. The van der Waals surface area contributed by atoms with E-state index < -0.39 is 11.6 Å². The summed E-state index contributed by atoms with van der Waals surface area (Å²) in [5, 5.41) is 2.63. The molecule has 0 fully saturated rings. The third-order valence-electron chi connectivity index (χ3n) is 2.35. The summed E-state index contributed by atoms with van der Waals surface area (Å²) in [6, 6.07) is 6.00. The van der Waals surface area contributed by atoms with Crippen molar-refractivity contribution in [2.75, 3.05) is 0 Å². The monoisotopic (exact) mass is 281 g/mol. The molecule has 0 heterocycles. The van der Waals surface area contributed by atoms with Gasteiger partial charge < -0.3 is 10.1 Å². The number of esters is 1. The Hall–Kier alpha value is -1.91. The Labute approximate surface area is 118 Å². The number of carbonyl (C=O) groups is 2. The molecule has 110 valence electrons. The van der Waals surface area contributed by atoms with Crippen molar-refractivity contribution in [3.05, 3.63) is 35.6 Å². The number of amides is 1. The topological polar surface area (TPSA) is 55.4 Å². The van der Waals surface area contributed by atoms with Crippen LogP contribution in [-0.4, -0.2) is 17.5 Å². The minimum atomic E-state index is -0.547. The maximum atomic E-state index is 12.9. The molecule has 0 atom stereocenters. The van der Waals surface area contributed by atoms with Crippen LogP contribution in [0.1, 0.15) is 39.2 Å². The van der Waals surface area contributed by atoms with E-state index in [0.29, 0.717) is 5.56 Å². The first-order valence-electron chi connectivity index (χ1n) is 6.49. The molecule has 0 aliphatic carbocycles. The lowest BCUT2D eigenvalue weighted by molar-refractivity contribution is -0.155. The Morgan fingerprint density at radius 1 is 1.25 bits per heavy atom. The van der Waals surface area contributed by atoms with Crippen LogP contribution in [0.4, 0.5) is 4.39 Å². The summed E-state index contributed by atoms with van der Waals surface area (Å²) < 4.78 is 18.0. The van der Waals surface area contributed by atoms with Crippen molar-refractivity contribution in [1.29, 1.82) is 0 Å². The molecule has 0 saturated carbocycles. The van der Waals surface area contributed by atoms with Gasteiger partial charge in [-0.2, -0.15) is 0 Å². The molecule has 4 nitrogen and oxygen atoms in total. The standard InChI is InChI=1S/C15H20FNO3/c1-15(2,3)20-14(19)8-7-13(18)17-10-11-5-4-6-12(16)9-11/h4-6,9H,7-8,10H2,1-3H3,(H,17,18). The second-order valence-corrected chi connectivity index (χ2v) is 5.49. The van der Waals surface area contributed by atoms with Gasteiger partial charge in [0.2, 0.25) is 5.91 Å². The van der Waals surface area contributed by atoms with E-state index in [1.54, 1.807) is 32.9 Å². The predicted molar refractivity (Wildman–Crippen MR) is 73.3 cm³/mol. The Morgan fingerprint density at radius 2 is 1.95 bits per heavy atom. The fourth-order valence-electron chi connectivity index (χ4n) is 1.54. The van der Waals surface area contributed by atoms with Crippen LogP contribution in [0.2, 0.25) is 0 Å². The molecule has 0 saturated heterocycles. The Morgan fingerprint density at radius 3 is 2.55 bits per heavy atom. The van der Waals surface area contributed by atoms with Crippen LogP contribution < -0.4 is 5.32 Å². The van der Waals surface area contributed by atoms with Crippen molar-refractivity contribution in [3.63, 3.8) is 0 Å². The number of ether oxygens (including phenoxy) is 1. The number of hydrogen-bond donors (Lipinski definition) is 1. The highest BCUT2D eigenvalue weighted by atomic mass is 19.1. The van der Waals surface area contributed by atoms with E-state index in [0.717, 1.165) is 0 Å². The summed E-state index contributed by atoms with van der Waals surface area (Å²) in [6.45, 7) is 5.56. The van der Waals surface area contributed by atoms with E-state index in [9.17, 15) is 14.0 Å². The average Bonchev–Trinajstić information content (AvgIpc) is 2.32. The number of carbonyl (C=O) groups excluding carboxylic acids is 2. The second-order valence-electron chi connectivity index (χ2n) is 5.49. The maximum absolute atomic E-state index is 12.9. The molecule has 0 aromatic heterocycles. The van der Waals surface area contributed by atoms with Crippen LogP contribution in [0, 0.1) is 5.82 Å². The average molecular weight is 281 g/mol. The molecule has 1 N–H and O–H groups in total. The minimum Gasteiger partial charge on any atom is -0.460 e. The highest BCUT2D eigenvalue weighted by Crippen LogP contribution is 2.09. The van der Waals surface area contributed by atoms with Crippen molar-refractivity contribution in [2.24, 2.45) is 0 Å². The summed E-state index contributed by atoms with van der Waals surface area (Å²) in [7, 11) is 0. The minimum absolute atomic E-state index is 0.0340. The molecule has 5 heteroatoms. The van der Waals surface area contributed by atoms with Gasteiger partial charge in [-0.25, -0.2) is 4.39 Å². The van der Waals surface area contributed by atoms with Gasteiger partial charge in [-0.15, -0.1) is 0 Å². The third-order valence-corrected chi connectivity index (χ3v) is 2.35. The fraction of sp³-hybridized carbons (Fsp3) is 0.467. The van der Waals surface area contributed by atoms with E-state index in [-0.39, 0.29) is 31.1 Å². The molecule has 1 rings (SSSR count). The van der Waals surface area contributed by atoms with Crippen LogP contribution in [0.15, 0.2) is 24.3 Å². The van der Waals surface area contributed by atoms with Gasteiger partial charge in [0.05, 0.1) is 6.42 Å². The Bertz CT molecular complexity index is 480. The number of benzene rings is 1. The molecule has 0 unspecified atom stereocenters.